The molecule has 1 unspecified atom stereocenters. The number of fused-ring (bicyclic) bond motifs is 1. The van der Waals surface area contributed by atoms with Crippen LogP contribution in [0.2, 0.25) is 0 Å². The lowest BCUT2D eigenvalue weighted by Gasteiger charge is -2.37. The van der Waals surface area contributed by atoms with E-state index in [4.69, 9.17) is 5.73 Å². The molecule has 5 fully saturated rings. The van der Waals surface area contributed by atoms with Crippen LogP contribution >= 0.6 is 0 Å². The Morgan fingerprint density at radius 1 is 0.891 bits per heavy atom. The molecular formula is C42H65N7O6. The van der Waals surface area contributed by atoms with Gasteiger partial charge >= 0.3 is 6.03 Å². The monoisotopic (exact) mass is 763 g/mol. The topological polar surface area (TPSA) is 193 Å². The zero-order valence-corrected chi connectivity index (χ0v) is 34.3. The highest BCUT2D eigenvalue weighted by Crippen LogP contribution is 2.88. The lowest BCUT2D eigenvalue weighted by molar-refractivity contribution is -0.147. The number of primary amides is 1. The molecule has 0 aromatic carbocycles. The number of hydrogen-bond acceptors (Lipinski definition) is 9. The molecule has 0 aromatic rings. The molecule has 2 aliphatic heterocycles. The van der Waals surface area contributed by atoms with Crippen molar-refractivity contribution in [2.45, 2.75) is 162 Å². The smallest absolute Gasteiger partial charge is 0.316 e. The number of hydrogen-bond donors (Lipinski definition) is 3. The SMILES string of the molecule is CC(C)(NC(=O)N[C@H](C(=O)C[C@H](C(=O)N1C[C@]2(C[C@H]1C(=O)CC(CC1CCC1)C(=O)C(N)=O)C(C)(C)C21CCC1)C(C)(C)C)C1CCCCC1)C1=NN=NC1. The molecule has 2 spiro atoms. The van der Waals surface area contributed by atoms with Crippen LogP contribution in [0.5, 0.6) is 0 Å². The summed E-state index contributed by atoms with van der Waals surface area (Å²) in [5.41, 5.74) is 4.37. The number of amides is 4. The number of carbonyl (C=O) groups is 6. The molecule has 0 radical (unpaired) electrons. The van der Waals surface area contributed by atoms with Crippen LogP contribution in [-0.2, 0) is 24.0 Å². The summed E-state index contributed by atoms with van der Waals surface area (Å²) >= 11 is 0. The summed E-state index contributed by atoms with van der Waals surface area (Å²) < 4.78 is 0. The van der Waals surface area contributed by atoms with Gasteiger partial charge in [0, 0.05) is 36.6 Å². The third-order valence-corrected chi connectivity index (χ3v) is 15.5. The van der Waals surface area contributed by atoms with Crippen molar-refractivity contribution in [2.24, 2.45) is 66.5 Å². The van der Waals surface area contributed by atoms with Crippen LogP contribution in [0.25, 0.3) is 0 Å². The Labute approximate surface area is 326 Å². The summed E-state index contributed by atoms with van der Waals surface area (Å²) in [6.45, 7) is 14.7. The van der Waals surface area contributed by atoms with E-state index < -0.39 is 52.6 Å². The predicted octanol–water partition coefficient (Wildman–Crippen LogP) is 6.07. The minimum Gasteiger partial charge on any atom is -0.363 e. The highest BCUT2D eigenvalue weighted by molar-refractivity contribution is 6.36. The van der Waals surface area contributed by atoms with E-state index in [1.165, 1.54) is 0 Å². The molecule has 0 aromatic heterocycles. The van der Waals surface area contributed by atoms with Gasteiger partial charge in [0.1, 0.15) is 6.54 Å². The van der Waals surface area contributed by atoms with Gasteiger partial charge in [-0.1, -0.05) is 79.6 Å². The molecule has 4 aliphatic carbocycles. The molecule has 304 valence electrons. The summed E-state index contributed by atoms with van der Waals surface area (Å²) in [4.78, 5) is 84.8. The number of carbonyl (C=O) groups excluding carboxylic acids is 6. The highest BCUT2D eigenvalue weighted by atomic mass is 16.2. The Kier molecular flexibility index (Phi) is 11.3. The third-order valence-electron chi connectivity index (χ3n) is 15.5. The number of nitrogens with two attached hydrogens (primary N) is 1. The number of nitrogens with one attached hydrogen (secondary N) is 2. The van der Waals surface area contributed by atoms with Crippen molar-refractivity contribution in [1.82, 2.24) is 15.5 Å². The van der Waals surface area contributed by atoms with Crippen LogP contribution in [0.3, 0.4) is 0 Å². The minimum absolute atomic E-state index is 0.0539. The molecule has 6 rings (SSSR count). The zero-order valence-electron chi connectivity index (χ0n) is 34.3. The van der Waals surface area contributed by atoms with Gasteiger partial charge in [0.25, 0.3) is 5.91 Å². The number of urea groups is 1. The van der Waals surface area contributed by atoms with E-state index in [-0.39, 0.29) is 64.9 Å². The standard InChI is InChI=1S/C42H65N7O6/c1-38(2,3)28(21-31(51)33(26-15-9-8-10-16-26)45-37(55)46-39(4,5)32-23-44-48-47-32)36(54)49-24-42(40(6,7)41(42)17-12-18-41)22-29(49)30(50)20-27(34(52)35(43)53)19-25-13-11-14-25/h25-29,33H,8-24H2,1-7H3,(H2,43,53)(H2,45,46,55)/t27?,28-,29+,33+,42-/m1/s1. The van der Waals surface area contributed by atoms with E-state index in [0.29, 0.717) is 25.1 Å². The van der Waals surface area contributed by atoms with Crippen LogP contribution in [-0.4, -0.2) is 76.5 Å². The molecule has 55 heavy (non-hydrogen) atoms. The zero-order chi connectivity index (χ0) is 40.1. The molecule has 2 heterocycles. The van der Waals surface area contributed by atoms with E-state index >= 15 is 4.79 Å². The quantitative estimate of drug-likeness (QED) is 0.169. The van der Waals surface area contributed by atoms with Crippen LogP contribution in [0.1, 0.15) is 145 Å². The lowest BCUT2D eigenvalue weighted by atomic mass is 9.73. The van der Waals surface area contributed by atoms with Gasteiger partial charge in [-0.15, -0.1) is 5.10 Å². The summed E-state index contributed by atoms with van der Waals surface area (Å²) in [5.74, 6) is -3.68. The second-order valence-electron chi connectivity index (χ2n) is 20.1. The van der Waals surface area contributed by atoms with Crippen molar-refractivity contribution in [2.75, 3.05) is 13.1 Å². The Hall–Kier alpha value is -3.51. The molecule has 5 atom stereocenters. The van der Waals surface area contributed by atoms with Gasteiger partial charge < -0.3 is 21.3 Å². The average Bonchev–Trinajstić information content (AvgIpc) is 3.58. The Balaban J connectivity index is 1.25. The number of likely N-dealkylation sites (tertiary alicyclic amines) is 1. The Morgan fingerprint density at radius 3 is 2.07 bits per heavy atom. The van der Waals surface area contributed by atoms with E-state index in [2.05, 4.69) is 39.9 Å². The first-order chi connectivity index (χ1) is 25.7. The maximum Gasteiger partial charge on any atom is 0.316 e. The Bertz CT molecular complexity index is 1630. The Morgan fingerprint density at radius 2 is 1.56 bits per heavy atom. The van der Waals surface area contributed by atoms with Crippen LogP contribution < -0.4 is 16.4 Å². The van der Waals surface area contributed by atoms with Crippen molar-refractivity contribution in [3.63, 3.8) is 0 Å². The normalized spacial score (nSPS) is 27.4. The van der Waals surface area contributed by atoms with Crippen molar-refractivity contribution >= 4 is 40.9 Å². The van der Waals surface area contributed by atoms with E-state index in [0.717, 1.165) is 70.6 Å². The molecule has 1 saturated heterocycles. The van der Waals surface area contributed by atoms with Gasteiger partial charge in [-0.25, -0.2) is 4.79 Å². The van der Waals surface area contributed by atoms with E-state index in [9.17, 15) is 24.0 Å². The van der Waals surface area contributed by atoms with E-state index in [1.807, 2.05) is 34.6 Å². The molecule has 6 aliphatic rings. The van der Waals surface area contributed by atoms with Crippen molar-refractivity contribution in [1.29, 1.82) is 0 Å². The summed E-state index contributed by atoms with van der Waals surface area (Å²) in [6, 6.07) is -2.03. The minimum atomic E-state index is -1.02. The van der Waals surface area contributed by atoms with Gasteiger partial charge in [0.15, 0.2) is 11.6 Å². The number of rotatable bonds is 15. The number of Topliss-reactive ketones (excluding diaryl/α,β-unsaturated/α-hetero) is 3. The first-order valence-electron chi connectivity index (χ1n) is 21.0. The number of nitrogens with zero attached hydrogens (tertiary/aromatic N) is 4. The van der Waals surface area contributed by atoms with Gasteiger partial charge in [0.2, 0.25) is 11.7 Å². The maximum atomic E-state index is 15.2. The fourth-order valence-electron chi connectivity index (χ4n) is 11.4. The largest absolute Gasteiger partial charge is 0.363 e. The molecule has 0 bridgehead atoms. The van der Waals surface area contributed by atoms with Crippen molar-refractivity contribution in [3.8, 4) is 0 Å². The first kappa shape index (κ1) is 41.1. The van der Waals surface area contributed by atoms with Crippen molar-refractivity contribution in [3.05, 3.63) is 0 Å². The van der Waals surface area contributed by atoms with E-state index in [1.54, 1.807) is 4.90 Å². The van der Waals surface area contributed by atoms with Gasteiger partial charge in [0.05, 0.1) is 23.3 Å². The van der Waals surface area contributed by atoms with Crippen molar-refractivity contribution < 1.29 is 28.8 Å². The number of ketones is 3. The molecule has 13 heteroatoms. The summed E-state index contributed by atoms with van der Waals surface area (Å²) in [7, 11) is 0. The van der Waals surface area contributed by atoms with Crippen LogP contribution in [0, 0.1) is 45.3 Å². The van der Waals surface area contributed by atoms with Gasteiger partial charge in [-0.2, -0.15) is 5.11 Å². The molecule has 4 saturated carbocycles. The molecule has 4 N–H and O–H groups in total. The fourth-order valence-corrected chi connectivity index (χ4v) is 11.4. The second-order valence-corrected chi connectivity index (χ2v) is 20.1. The molecule has 13 nitrogen and oxygen atoms in total. The van der Waals surface area contributed by atoms with Gasteiger partial charge in [-0.05, 0) is 85.7 Å². The maximum absolute atomic E-state index is 15.2. The second kappa shape index (κ2) is 15.1. The molecular weight excluding hydrogens is 699 g/mol. The molecule has 4 amide bonds. The fraction of sp³-hybridized carbons (Fsp3) is 0.833. The highest BCUT2D eigenvalue weighted by Gasteiger charge is 2.85. The lowest BCUT2D eigenvalue weighted by Crippen LogP contribution is -2.58. The van der Waals surface area contributed by atoms with Gasteiger partial charge in [-0.3, -0.25) is 24.0 Å². The summed E-state index contributed by atoms with van der Waals surface area (Å²) in [5, 5.41) is 17.7. The average molecular weight is 764 g/mol. The van der Waals surface area contributed by atoms with Crippen LogP contribution in [0.15, 0.2) is 15.4 Å². The first-order valence-corrected chi connectivity index (χ1v) is 21.0. The summed E-state index contributed by atoms with van der Waals surface area (Å²) in [6.07, 6.45) is 11.6. The predicted molar refractivity (Wildman–Crippen MR) is 208 cm³/mol. The third kappa shape index (κ3) is 7.54. The van der Waals surface area contributed by atoms with Crippen LogP contribution in [0.4, 0.5) is 4.79 Å².